The zero-order valence-corrected chi connectivity index (χ0v) is 21.7. The molecule has 2 aromatic carbocycles. The molecule has 3 rings (SSSR count). The molecule has 3 nitrogen and oxygen atoms in total. The Kier molecular flexibility index (Phi) is 10.1. The number of nitrogens with zero attached hydrogens (tertiary/aromatic N) is 3. The number of benzene rings is 2. The van der Waals surface area contributed by atoms with Crippen LogP contribution in [0, 0.1) is 0 Å². The fourth-order valence-electron chi connectivity index (χ4n) is 3.78. The summed E-state index contributed by atoms with van der Waals surface area (Å²) in [6.07, 6.45) is 12.8. The van der Waals surface area contributed by atoms with Crippen molar-refractivity contribution in [2.45, 2.75) is 6.92 Å². The van der Waals surface area contributed by atoms with Gasteiger partial charge < -0.3 is 9.80 Å². The molecule has 5 heteroatoms. The highest BCUT2D eigenvalue weighted by Gasteiger charge is 2.08. The molecule has 0 fully saturated rings. The summed E-state index contributed by atoms with van der Waals surface area (Å²) < 4.78 is 0. The predicted octanol–water partition coefficient (Wildman–Crippen LogP) is 7.09. The molecule has 1 aliphatic rings. The lowest BCUT2D eigenvalue weighted by molar-refractivity contribution is 0.874. The minimum Gasteiger partial charge on any atom is -0.378 e. The van der Waals surface area contributed by atoms with Crippen LogP contribution in [0.2, 0.25) is 0 Å². The first-order chi connectivity index (χ1) is 16.5. The number of alkyl halides is 2. The molecule has 2 aromatic rings. The van der Waals surface area contributed by atoms with Crippen LogP contribution in [0.5, 0.6) is 0 Å². The number of halogens is 2. The first-order valence-corrected chi connectivity index (χ1v) is 12.7. The van der Waals surface area contributed by atoms with Gasteiger partial charge in [-0.3, -0.25) is 4.99 Å². The summed E-state index contributed by atoms with van der Waals surface area (Å²) in [6, 6.07) is 17.2. The molecule has 0 unspecified atom stereocenters. The first kappa shape index (κ1) is 25.9. The van der Waals surface area contributed by atoms with Gasteiger partial charge in [-0.15, -0.1) is 23.2 Å². The lowest BCUT2D eigenvalue weighted by Crippen LogP contribution is -2.27. The van der Waals surface area contributed by atoms with E-state index in [4.69, 9.17) is 23.2 Å². The number of rotatable bonds is 10. The molecule has 0 atom stereocenters. The van der Waals surface area contributed by atoms with Crippen LogP contribution in [0.4, 0.5) is 11.4 Å². The third-order valence-electron chi connectivity index (χ3n) is 5.62. The molecule has 0 heterocycles. The van der Waals surface area contributed by atoms with Crippen molar-refractivity contribution in [3.05, 3.63) is 95.6 Å². The Labute approximate surface area is 214 Å². The molecule has 0 aliphatic heterocycles. The Morgan fingerprint density at radius 3 is 1.94 bits per heavy atom. The van der Waals surface area contributed by atoms with Crippen LogP contribution in [-0.4, -0.2) is 51.2 Å². The van der Waals surface area contributed by atoms with E-state index in [1.54, 1.807) is 0 Å². The Morgan fingerprint density at radius 2 is 1.41 bits per heavy atom. The second-order valence-electron chi connectivity index (χ2n) is 8.17. The molecule has 34 heavy (non-hydrogen) atoms. The predicted molar refractivity (Wildman–Crippen MR) is 153 cm³/mol. The van der Waals surface area contributed by atoms with Crippen LogP contribution in [-0.2, 0) is 0 Å². The lowest BCUT2D eigenvalue weighted by atomic mass is 9.95. The summed E-state index contributed by atoms with van der Waals surface area (Å²) in [5.74, 6) is 1.15. The molecule has 178 valence electrons. The zero-order valence-electron chi connectivity index (χ0n) is 20.2. The smallest absolute Gasteiger partial charge is 0.0574 e. The Morgan fingerprint density at radius 1 is 0.824 bits per heavy atom. The summed E-state index contributed by atoms with van der Waals surface area (Å²) in [7, 11) is 4.11. The summed E-state index contributed by atoms with van der Waals surface area (Å²) in [5, 5.41) is 0. The standard InChI is InChI=1S/C29H33Cl2N3/c1-4-32-26-12-8-24(9-13-26)29(25-10-16-27(17-11-25)33(2)3)18-7-23-5-14-28(15-6-23)34(21-19-30)22-20-31/h5-18H,4,19-22H2,1-3H3. The van der Waals surface area contributed by atoms with Gasteiger partial charge in [0, 0.05) is 56.9 Å². The molecule has 0 N–H and O–H groups in total. The SMILES string of the molecule is CCN=C1C=CC(=C(C=Cc2ccc(N(CCCl)CCCl)cc2)c2ccc(N(C)C)cc2)C=C1. The minimum atomic E-state index is 0.577. The second-order valence-corrected chi connectivity index (χ2v) is 8.92. The minimum absolute atomic E-state index is 0.577. The Bertz CT molecular complexity index is 1050. The van der Waals surface area contributed by atoms with E-state index < -0.39 is 0 Å². The van der Waals surface area contributed by atoms with Gasteiger partial charge in [0.2, 0.25) is 0 Å². The van der Waals surface area contributed by atoms with E-state index in [9.17, 15) is 0 Å². The van der Waals surface area contributed by atoms with Crippen LogP contribution < -0.4 is 9.80 Å². The number of hydrogen-bond donors (Lipinski definition) is 0. The molecular formula is C29H33Cl2N3. The second kappa shape index (κ2) is 13.2. The summed E-state index contributed by atoms with van der Waals surface area (Å²) in [6.45, 7) is 4.40. The van der Waals surface area contributed by atoms with Crippen molar-refractivity contribution in [1.29, 1.82) is 0 Å². The summed E-state index contributed by atoms with van der Waals surface area (Å²) in [4.78, 5) is 8.82. The van der Waals surface area contributed by atoms with Crippen molar-refractivity contribution in [2.24, 2.45) is 4.99 Å². The van der Waals surface area contributed by atoms with Gasteiger partial charge in [0.05, 0.1) is 5.71 Å². The average molecular weight is 495 g/mol. The fraction of sp³-hybridized carbons (Fsp3) is 0.276. The number of hydrogen-bond acceptors (Lipinski definition) is 3. The molecular weight excluding hydrogens is 461 g/mol. The third kappa shape index (κ3) is 7.12. The van der Waals surface area contributed by atoms with E-state index in [0.29, 0.717) is 11.8 Å². The van der Waals surface area contributed by atoms with E-state index in [-0.39, 0.29) is 0 Å². The highest BCUT2D eigenvalue weighted by atomic mass is 35.5. The van der Waals surface area contributed by atoms with Gasteiger partial charge in [-0.25, -0.2) is 0 Å². The Balaban J connectivity index is 1.92. The highest BCUT2D eigenvalue weighted by molar-refractivity contribution is 6.18. The van der Waals surface area contributed by atoms with E-state index in [1.165, 1.54) is 16.8 Å². The average Bonchev–Trinajstić information content (AvgIpc) is 2.86. The molecule has 0 saturated carbocycles. The van der Waals surface area contributed by atoms with Gasteiger partial charge in [0.15, 0.2) is 0 Å². The largest absolute Gasteiger partial charge is 0.378 e. The lowest BCUT2D eigenvalue weighted by Gasteiger charge is -2.22. The summed E-state index contributed by atoms with van der Waals surface area (Å²) in [5.41, 5.74) is 7.97. The van der Waals surface area contributed by atoms with E-state index in [1.807, 2.05) is 0 Å². The maximum absolute atomic E-state index is 5.96. The molecule has 0 spiro atoms. The van der Waals surface area contributed by atoms with Crippen molar-refractivity contribution < 1.29 is 0 Å². The monoisotopic (exact) mass is 493 g/mol. The van der Waals surface area contributed by atoms with Gasteiger partial charge in [-0.05, 0) is 65.6 Å². The summed E-state index contributed by atoms with van der Waals surface area (Å²) >= 11 is 11.9. The molecule has 0 aromatic heterocycles. The zero-order chi connectivity index (χ0) is 24.3. The first-order valence-electron chi connectivity index (χ1n) is 11.6. The van der Waals surface area contributed by atoms with Crippen molar-refractivity contribution in [1.82, 2.24) is 0 Å². The van der Waals surface area contributed by atoms with Crippen molar-refractivity contribution >= 4 is 51.9 Å². The van der Waals surface area contributed by atoms with Gasteiger partial charge in [-0.1, -0.05) is 48.6 Å². The highest BCUT2D eigenvalue weighted by Crippen LogP contribution is 2.27. The number of aliphatic imine (C=N–C) groups is 1. The third-order valence-corrected chi connectivity index (χ3v) is 5.96. The normalized spacial score (nSPS) is 13.0. The van der Waals surface area contributed by atoms with Crippen LogP contribution in [0.25, 0.3) is 11.6 Å². The maximum atomic E-state index is 5.96. The van der Waals surface area contributed by atoms with Gasteiger partial charge >= 0.3 is 0 Å². The molecule has 0 amide bonds. The molecule has 0 radical (unpaired) electrons. The molecule has 0 bridgehead atoms. The van der Waals surface area contributed by atoms with Crippen LogP contribution >= 0.6 is 23.2 Å². The fourth-order valence-corrected chi connectivity index (χ4v) is 4.19. The maximum Gasteiger partial charge on any atom is 0.0574 e. The quantitative estimate of drug-likeness (QED) is 0.329. The van der Waals surface area contributed by atoms with Crippen molar-refractivity contribution in [3.8, 4) is 0 Å². The van der Waals surface area contributed by atoms with E-state index in [0.717, 1.165) is 42.2 Å². The topological polar surface area (TPSA) is 18.8 Å². The molecule has 0 saturated heterocycles. The number of allylic oxidation sites excluding steroid dienone is 7. The number of anilines is 2. The van der Waals surface area contributed by atoms with E-state index >= 15 is 0 Å². The van der Waals surface area contributed by atoms with E-state index in [2.05, 4.69) is 121 Å². The van der Waals surface area contributed by atoms with Gasteiger partial charge in [0.1, 0.15) is 0 Å². The van der Waals surface area contributed by atoms with Crippen LogP contribution in [0.1, 0.15) is 18.1 Å². The van der Waals surface area contributed by atoms with Gasteiger partial charge in [0.25, 0.3) is 0 Å². The van der Waals surface area contributed by atoms with Crippen molar-refractivity contribution in [3.63, 3.8) is 0 Å². The van der Waals surface area contributed by atoms with Crippen LogP contribution in [0.15, 0.2) is 89.5 Å². The molecule has 1 aliphatic carbocycles. The van der Waals surface area contributed by atoms with Crippen LogP contribution in [0.3, 0.4) is 0 Å². The Hall–Kier alpha value is -2.75. The van der Waals surface area contributed by atoms with Gasteiger partial charge in [-0.2, -0.15) is 0 Å². The van der Waals surface area contributed by atoms with Crippen molar-refractivity contribution in [2.75, 3.05) is 55.3 Å².